The number of morpholine rings is 1. The summed E-state index contributed by atoms with van der Waals surface area (Å²) in [6.07, 6.45) is 8.74. The third-order valence-electron chi connectivity index (χ3n) is 5.46. The van der Waals surface area contributed by atoms with E-state index in [-0.39, 0.29) is 23.7 Å². The van der Waals surface area contributed by atoms with E-state index in [1.807, 2.05) is 18.2 Å². The minimum Gasteiger partial charge on any atom is -0.497 e. The summed E-state index contributed by atoms with van der Waals surface area (Å²) < 4.78 is 18.7. The van der Waals surface area contributed by atoms with Gasteiger partial charge in [0.15, 0.2) is 0 Å². The molecule has 0 spiro atoms. The second-order valence-electron chi connectivity index (χ2n) is 7.20. The summed E-state index contributed by atoms with van der Waals surface area (Å²) in [6.45, 7) is 1.72. The number of aromatic nitrogens is 4. The van der Waals surface area contributed by atoms with E-state index in [1.165, 1.54) is 12.4 Å². The molecule has 1 aliphatic carbocycles. The lowest BCUT2D eigenvalue weighted by Crippen LogP contribution is -2.50. The molecule has 4 rings (SSSR count). The third kappa shape index (κ3) is 3.99. The fourth-order valence-corrected chi connectivity index (χ4v) is 3.82. The molecule has 2 unspecified atom stereocenters. The van der Waals surface area contributed by atoms with Crippen LogP contribution in [-0.2, 0) is 21.3 Å². The summed E-state index contributed by atoms with van der Waals surface area (Å²) in [7, 11) is 5.06. The van der Waals surface area contributed by atoms with E-state index >= 15 is 0 Å². The number of hydrogen-bond donors (Lipinski definition) is 0. The SMILES string of the molecule is COC1=CC([C@@H]2CN(c3nc(-c4ccncn4)cc(=O)n3C)CCO2)C(OC)C=C1. The zero-order valence-corrected chi connectivity index (χ0v) is 17.3. The van der Waals surface area contributed by atoms with Crippen molar-refractivity contribution >= 4 is 5.95 Å². The normalized spacial score (nSPS) is 23.9. The summed E-state index contributed by atoms with van der Waals surface area (Å²) >= 11 is 0. The minimum atomic E-state index is -0.145. The van der Waals surface area contributed by atoms with Gasteiger partial charge in [0.2, 0.25) is 5.95 Å². The number of ether oxygens (including phenoxy) is 3. The van der Waals surface area contributed by atoms with Crippen LogP contribution in [0.3, 0.4) is 0 Å². The Morgan fingerprint density at radius 3 is 2.87 bits per heavy atom. The summed E-state index contributed by atoms with van der Waals surface area (Å²) in [5.41, 5.74) is 0.988. The summed E-state index contributed by atoms with van der Waals surface area (Å²) in [5.74, 6) is 1.35. The molecule has 2 aromatic heterocycles. The van der Waals surface area contributed by atoms with Crippen molar-refractivity contribution in [2.45, 2.75) is 12.2 Å². The monoisotopic (exact) mass is 411 g/mol. The number of rotatable bonds is 5. The Morgan fingerprint density at radius 1 is 1.27 bits per heavy atom. The Labute approximate surface area is 174 Å². The lowest BCUT2D eigenvalue weighted by atomic mass is 9.90. The molecule has 30 heavy (non-hydrogen) atoms. The predicted octanol–water partition coefficient (Wildman–Crippen LogP) is 1.17. The van der Waals surface area contributed by atoms with Crippen LogP contribution in [0.1, 0.15) is 0 Å². The van der Waals surface area contributed by atoms with Gasteiger partial charge in [0, 0.05) is 45.4 Å². The zero-order valence-electron chi connectivity index (χ0n) is 17.3. The van der Waals surface area contributed by atoms with E-state index < -0.39 is 0 Å². The fourth-order valence-electron chi connectivity index (χ4n) is 3.82. The third-order valence-corrected chi connectivity index (χ3v) is 5.46. The van der Waals surface area contributed by atoms with Crippen molar-refractivity contribution in [3.8, 4) is 11.4 Å². The van der Waals surface area contributed by atoms with Gasteiger partial charge in [-0.3, -0.25) is 9.36 Å². The van der Waals surface area contributed by atoms with Gasteiger partial charge in [0.1, 0.15) is 12.1 Å². The Bertz CT molecular complexity index is 1000. The molecule has 0 radical (unpaired) electrons. The number of anilines is 1. The van der Waals surface area contributed by atoms with E-state index in [2.05, 4.69) is 14.9 Å². The molecule has 3 heterocycles. The van der Waals surface area contributed by atoms with Crippen LogP contribution in [0.25, 0.3) is 11.4 Å². The van der Waals surface area contributed by atoms with E-state index in [4.69, 9.17) is 19.2 Å². The summed E-state index contributed by atoms with van der Waals surface area (Å²) in [4.78, 5) is 27.6. The fraction of sp³-hybridized carbons (Fsp3) is 0.429. The Kier molecular flexibility index (Phi) is 5.91. The van der Waals surface area contributed by atoms with Gasteiger partial charge in [0.25, 0.3) is 5.56 Å². The highest BCUT2D eigenvalue weighted by atomic mass is 16.5. The first-order valence-electron chi connectivity index (χ1n) is 9.78. The van der Waals surface area contributed by atoms with E-state index in [9.17, 15) is 4.79 Å². The highest BCUT2D eigenvalue weighted by molar-refractivity contribution is 5.55. The van der Waals surface area contributed by atoms with Crippen molar-refractivity contribution < 1.29 is 14.2 Å². The standard InChI is InChI=1S/C21H25N5O4/c1-25-20(27)11-17(16-6-7-22-13-23-16)24-21(25)26-8-9-30-19(12-26)15-10-14(28-2)4-5-18(15)29-3/h4-7,10-11,13,15,18-19H,8-9,12H2,1-3H3/t15?,18?,19-/m0/s1. The predicted molar refractivity (Wildman–Crippen MR) is 111 cm³/mol. The maximum absolute atomic E-state index is 12.6. The molecule has 9 heteroatoms. The van der Waals surface area contributed by atoms with Crippen molar-refractivity contribution in [2.24, 2.45) is 13.0 Å². The van der Waals surface area contributed by atoms with Gasteiger partial charge >= 0.3 is 0 Å². The van der Waals surface area contributed by atoms with Crippen molar-refractivity contribution in [1.29, 1.82) is 0 Å². The second kappa shape index (κ2) is 8.76. The number of nitrogens with zero attached hydrogens (tertiary/aromatic N) is 5. The molecule has 1 aliphatic heterocycles. The highest BCUT2D eigenvalue weighted by Crippen LogP contribution is 2.28. The largest absolute Gasteiger partial charge is 0.497 e. The number of allylic oxidation sites excluding steroid dienone is 1. The van der Waals surface area contributed by atoms with Crippen LogP contribution in [0.15, 0.2) is 53.4 Å². The molecule has 3 atom stereocenters. The molecule has 0 amide bonds. The molecule has 1 fully saturated rings. The molecular formula is C21H25N5O4. The van der Waals surface area contributed by atoms with Crippen molar-refractivity contribution in [1.82, 2.24) is 19.5 Å². The zero-order chi connectivity index (χ0) is 21.1. The molecule has 0 N–H and O–H groups in total. The van der Waals surface area contributed by atoms with Crippen LogP contribution in [0.5, 0.6) is 0 Å². The van der Waals surface area contributed by atoms with Crippen LogP contribution in [-0.4, -0.2) is 65.6 Å². The van der Waals surface area contributed by atoms with Gasteiger partial charge in [-0.05, 0) is 18.2 Å². The molecule has 9 nitrogen and oxygen atoms in total. The number of hydrogen-bond acceptors (Lipinski definition) is 8. The summed E-state index contributed by atoms with van der Waals surface area (Å²) in [6, 6.07) is 3.23. The molecule has 2 aliphatic rings. The Morgan fingerprint density at radius 2 is 2.13 bits per heavy atom. The molecule has 0 bridgehead atoms. The maximum Gasteiger partial charge on any atom is 0.255 e. The average Bonchev–Trinajstić information content (AvgIpc) is 2.81. The van der Waals surface area contributed by atoms with Gasteiger partial charge in [0.05, 0.1) is 37.3 Å². The number of methoxy groups -OCH3 is 2. The minimum absolute atomic E-state index is 0.0141. The second-order valence-corrected chi connectivity index (χ2v) is 7.20. The van der Waals surface area contributed by atoms with Crippen molar-refractivity contribution in [3.63, 3.8) is 0 Å². The molecule has 1 saturated heterocycles. The quantitative estimate of drug-likeness (QED) is 0.724. The molecule has 0 saturated carbocycles. The Balaban J connectivity index is 1.63. The molecule has 0 aromatic carbocycles. The first-order valence-corrected chi connectivity index (χ1v) is 9.78. The van der Waals surface area contributed by atoms with Crippen molar-refractivity contribution in [2.75, 3.05) is 38.8 Å². The topological polar surface area (TPSA) is 91.6 Å². The van der Waals surface area contributed by atoms with Gasteiger partial charge in [-0.15, -0.1) is 0 Å². The van der Waals surface area contributed by atoms with E-state index in [1.54, 1.807) is 38.1 Å². The average molecular weight is 411 g/mol. The lowest BCUT2D eigenvalue weighted by molar-refractivity contribution is -0.0281. The first kappa shape index (κ1) is 20.2. The first-order chi connectivity index (χ1) is 14.6. The van der Waals surface area contributed by atoms with Crippen LogP contribution < -0.4 is 10.5 Å². The van der Waals surface area contributed by atoms with E-state index in [0.717, 1.165) is 5.76 Å². The Hall–Kier alpha value is -3.04. The molecular weight excluding hydrogens is 386 g/mol. The van der Waals surface area contributed by atoms with Crippen molar-refractivity contribution in [3.05, 3.63) is 59.0 Å². The highest BCUT2D eigenvalue weighted by Gasteiger charge is 2.34. The van der Waals surface area contributed by atoms with Gasteiger partial charge < -0.3 is 19.1 Å². The van der Waals surface area contributed by atoms with Crippen LogP contribution in [0, 0.1) is 5.92 Å². The smallest absolute Gasteiger partial charge is 0.255 e. The van der Waals surface area contributed by atoms with Crippen LogP contribution in [0.2, 0.25) is 0 Å². The van der Waals surface area contributed by atoms with E-state index in [0.29, 0.717) is 37.0 Å². The maximum atomic E-state index is 12.6. The molecule has 2 aromatic rings. The van der Waals surface area contributed by atoms with Gasteiger partial charge in [-0.2, -0.15) is 0 Å². The van der Waals surface area contributed by atoms with Gasteiger partial charge in [-0.1, -0.05) is 6.08 Å². The summed E-state index contributed by atoms with van der Waals surface area (Å²) in [5, 5.41) is 0. The molecule has 158 valence electrons. The van der Waals surface area contributed by atoms with Crippen LogP contribution in [0.4, 0.5) is 5.95 Å². The van der Waals surface area contributed by atoms with Crippen LogP contribution >= 0.6 is 0 Å². The lowest BCUT2D eigenvalue weighted by Gasteiger charge is -2.39. The van der Waals surface area contributed by atoms with Gasteiger partial charge in [-0.25, -0.2) is 15.0 Å².